The highest BCUT2D eigenvalue weighted by molar-refractivity contribution is 7.10. The maximum absolute atomic E-state index is 4.11. The van der Waals surface area contributed by atoms with Gasteiger partial charge in [-0.05, 0) is 47.3 Å². The molecule has 2 heterocycles. The van der Waals surface area contributed by atoms with E-state index in [4.69, 9.17) is 0 Å². The number of tetrazole rings is 1. The van der Waals surface area contributed by atoms with Crippen LogP contribution in [0.5, 0.6) is 0 Å². The summed E-state index contributed by atoms with van der Waals surface area (Å²) in [4.78, 5) is 1.34. The summed E-state index contributed by atoms with van der Waals surface area (Å²) in [6.45, 7) is 8.01. The number of hydrogen-bond acceptors (Lipinski definition) is 5. The molecular weight excluding hydrogens is 246 g/mol. The van der Waals surface area contributed by atoms with E-state index in [-0.39, 0.29) is 6.04 Å². The van der Waals surface area contributed by atoms with Gasteiger partial charge in [0.15, 0.2) is 5.82 Å². The van der Waals surface area contributed by atoms with E-state index in [0.717, 1.165) is 25.3 Å². The molecule has 0 aliphatic rings. The molecule has 1 atom stereocenters. The summed E-state index contributed by atoms with van der Waals surface area (Å²) in [7, 11) is 0. The summed E-state index contributed by atoms with van der Waals surface area (Å²) in [5.41, 5.74) is 1.39. The fourth-order valence-electron chi connectivity index (χ4n) is 1.99. The average molecular weight is 265 g/mol. The van der Waals surface area contributed by atoms with Gasteiger partial charge in [0.1, 0.15) is 0 Å². The van der Waals surface area contributed by atoms with E-state index in [2.05, 4.69) is 53.1 Å². The van der Waals surface area contributed by atoms with Crippen molar-refractivity contribution in [1.29, 1.82) is 0 Å². The van der Waals surface area contributed by atoms with Crippen molar-refractivity contribution in [1.82, 2.24) is 25.5 Å². The van der Waals surface area contributed by atoms with Crippen molar-refractivity contribution in [2.45, 2.75) is 39.8 Å². The van der Waals surface area contributed by atoms with Gasteiger partial charge in [0, 0.05) is 4.88 Å². The first-order valence-electron chi connectivity index (χ1n) is 6.30. The first-order valence-corrected chi connectivity index (χ1v) is 7.18. The first-order chi connectivity index (χ1) is 8.76. The number of hydrogen-bond donors (Lipinski definition) is 1. The summed E-state index contributed by atoms with van der Waals surface area (Å²) >= 11 is 1.77. The second-order valence-corrected chi connectivity index (χ2v) is 5.20. The van der Waals surface area contributed by atoms with Gasteiger partial charge in [-0.25, -0.2) is 4.68 Å². The van der Waals surface area contributed by atoms with E-state index in [9.17, 15) is 0 Å². The third-order valence-electron chi connectivity index (χ3n) is 2.97. The molecule has 5 nitrogen and oxygen atoms in total. The quantitative estimate of drug-likeness (QED) is 0.868. The van der Waals surface area contributed by atoms with Gasteiger partial charge < -0.3 is 5.32 Å². The normalized spacial score (nSPS) is 12.8. The zero-order valence-corrected chi connectivity index (χ0v) is 11.9. The van der Waals surface area contributed by atoms with Crippen LogP contribution in [0.1, 0.15) is 43.1 Å². The highest BCUT2D eigenvalue weighted by atomic mass is 32.1. The second-order valence-electron chi connectivity index (χ2n) is 4.20. The Bertz CT molecular complexity index is 490. The molecule has 0 amide bonds. The molecule has 0 fully saturated rings. The molecule has 0 bridgehead atoms. The minimum atomic E-state index is 0.176. The lowest BCUT2D eigenvalue weighted by Gasteiger charge is -2.12. The number of nitrogens with zero attached hydrogens (tertiary/aromatic N) is 4. The Balaban J connectivity index is 2.17. The zero-order valence-electron chi connectivity index (χ0n) is 11.1. The van der Waals surface area contributed by atoms with Crippen molar-refractivity contribution in [3.63, 3.8) is 0 Å². The van der Waals surface area contributed by atoms with Crippen LogP contribution in [0.4, 0.5) is 0 Å². The van der Waals surface area contributed by atoms with E-state index in [1.165, 1.54) is 10.4 Å². The summed E-state index contributed by atoms with van der Waals surface area (Å²) in [6, 6.07) is 2.35. The van der Waals surface area contributed by atoms with Crippen molar-refractivity contribution in [2.24, 2.45) is 0 Å². The van der Waals surface area contributed by atoms with Crippen molar-refractivity contribution in [3.8, 4) is 0 Å². The van der Waals surface area contributed by atoms with Crippen LogP contribution in [0.25, 0.3) is 0 Å². The Morgan fingerprint density at radius 3 is 3.00 bits per heavy atom. The SMILES string of the molecule is CCNC(C)c1nnnn1Cc1sccc1CC. The molecule has 2 rings (SSSR count). The number of aryl methyl sites for hydroxylation is 1. The molecule has 6 heteroatoms. The van der Waals surface area contributed by atoms with Gasteiger partial charge in [-0.3, -0.25) is 0 Å². The molecule has 2 aromatic rings. The van der Waals surface area contributed by atoms with Gasteiger partial charge in [-0.1, -0.05) is 13.8 Å². The van der Waals surface area contributed by atoms with E-state index >= 15 is 0 Å². The minimum Gasteiger partial charge on any atom is -0.308 e. The Morgan fingerprint density at radius 2 is 2.28 bits per heavy atom. The topological polar surface area (TPSA) is 55.6 Å². The van der Waals surface area contributed by atoms with Crippen LogP contribution in [0.2, 0.25) is 0 Å². The summed E-state index contributed by atoms with van der Waals surface area (Å²) in [5, 5.41) is 17.5. The lowest BCUT2D eigenvalue weighted by Crippen LogP contribution is -2.22. The molecule has 2 aromatic heterocycles. The number of aromatic nitrogens is 4. The summed E-state index contributed by atoms with van der Waals surface area (Å²) < 4.78 is 1.89. The smallest absolute Gasteiger partial charge is 0.168 e. The van der Waals surface area contributed by atoms with Crippen molar-refractivity contribution in [2.75, 3.05) is 6.54 Å². The Labute approximate surface area is 111 Å². The molecule has 0 radical (unpaired) electrons. The van der Waals surface area contributed by atoms with Gasteiger partial charge in [-0.15, -0.1) is 16.4 Å². The monoisotopic (exact) mass is 265 g/mol. The lowest BCUT2D eigenvalue weighted by atomic mass is 10.2. The predicted molar refractivity (Wildman–Crippen MR) is 72.7 cm³/mol. The molecule has 1 unspecified atom stereocenters. The van der Waals surface area contributed by atoms with Crippen LogP contribution >= 0.6 is 11.3 Å². The molecule has 98 valence electrons. The van der Waals surface area contributed by atoms with Gasteiger partial charge >= 0.3 is 0 Å². The molecule has 0 saturated heterocycles. The fraction of sp³-hybridized carbons (Fsp3) is 0.583. The summed E-state index contributed by atoms with van der Waals surface area (Å²) in [5.74, 6) is 0.896. The van der Waals surface area contributed by atoms with Crippen LogP contribution in [0.15, 0.2) is 11.4 Å². The second kappa shape index (κ2) is 6.06. The van der Waals surface area contributed by atoms with Gasteiger partial charge in [0.05, 0.1) is 12.6 Å². The van der Waals surface area contributed by atoms with Crippen LogP contribution in [-0.4, -0.2) is 26.8 Å². The van der Waals surface area contributed by atoms with Crippen LogP contribution in [0.3, 0.4) is 0 Å². The van der Waals surface area contributed by atoms with Gasteiger partial charge in [-0.2, -0.15) is 0 Å². The number of rotatable bonds is 6. The van der Waals surface area contributed by atoms with E-state index in [1.54, 1.807) is 11.3 Å². The van der Waals surface area contributed by atoms with Crippen LogP contribution < -0.4 is 5.32 Å². The predicted octanol–water partition coefficient (Wildman–Crippen LogP) is 2.02. The van der Waals surface area contributed by atoms with Crippen molar-refractivity contribution < 1.29 is 0 Å². The lowest BCUT2D eigenvalue weighted by molar-refractivity contribution is 0.517. The Morgan fingerprint density at radius 1 is 1.44 bits per heavy atom. The van der Waals surface area contributed by atoms with Gasteiger partial charge in [0.2, 0.25) is 0 Å². The maximum atomic E-state index is 4.11. The molecule has 0 aliphatic carbocycles. The highest BCUT2D eigenvalue weighted by Crippen LogP contribution is 2.19. The molecule has 1 N–H and O–H groups in total. The number of nitrogens with one attached hydrogen (secondary N) is 1. The molecule has 0 aromatic carbocycles. The molecule has 0 aliphatic heterocycles. The molecule has 0 spiro atoms. The van der Waals surface area contributed by atoms with Crippen LogP contribution in [-0.2, 0) is 13.0 Å². The third kappa shape index (κ3) is 2.76. The van der Waals surface area contributed by atoms with Crippen molar-refractivity contribution in [3.05, 3.63) is 27.7 Å². The van der Waals surface area contributed by atoms with Crippen molar-refractivity contribution >= 4 is 11.3 Å². The first kappa shape index (κ1) is 13.2. The van der Waals surface area contributed by atoms with Gasteiger partial charge in [0.25, 0.3) is 0 Å². The highest BCUT2D eigenvalue weighted by Gasteiger charge is 2.14. The average Bonchev–Trinajstić information content (AvgIpc) is 2.98. The molecule has 18 heavy (non-hydrogen) atoms. The standard InChI is InChI=1S/C12H19N5S/c1-4-10-6-7-18-11(10)8-17-12(14-15-16-17)9(3)13-5-2/h6-7,9,13H,4-5,8H2,1-3H3. The molecule has 0 saturated carbocycles. The van der Waals surface area contributed by atoms with E-state index in [0.29, 0.717) is 0 Å². The third-order valence-corrected chi connectivity index (χ3v) is 3.92. The fourth-order valence-corrected chi connectivity index (χ4v) is 2.95. The van der Waals surface area contributed by atoms with E-state index in [1.807, 2.05) is 4.68 Å². The van der Waals surface area contributed by atoms with E-state index < -0.39 is 0 Å². The Hall–Kier alpha value is -1.27. The largest absolute Gasteiger partial charge is 0.308 e. The number of thiophene rings is 1. The Kier molecular flexibility index (Phi) is 4.43. The minimum absolute atomic E-state index is 0.176. The maximum Gasteiger partial charge on any atom is 0.168 e. The summed E-state index contributed by atoms with van der Waals surface area (Å²) in [6.07, 6.45) is 1.05. The van der Waals surface area contributed by atoms with Crippen LogP contribution in [0, 0.1) is 0 Å². The molecular formula is C12H19N5S. The zero-order chi connectivity index (χ0) is 13.0.